The zero-order valence-electron chi connectivity index (χ0n) is 10.2. The summed E-state index contributed by atoms with van der Waals surface area (Å²) in [4.78, 5) is 6.81. The van der Waals surface area contributed by atoms with Gasteiger partial charge in [-0.05, 0) is 37.3 Å². The highest BCUT2D eigenvalue weighted by Gasteiger charge is 2.16. The highest BCUT2D eigenvalue weighted by molar-refractivity contribution is 5.47. The quantitative estimate of drug-likeness (QED) is 0.815. The van der Waals surface area contributed by atoms with Crippen molar-refractivity contribution in [3.8, 4) is 0 Å². The Bertz CT molecular complexity index is 350. The van der Waals surface area contributed by atoms with Crippen molar-refractivity contribution >= 4 is 5.82 Å². The number of nitrogens with two attached hydrogens (primary N) is 1. The standard InChI is InChI=1S/C13H21N3O/c14-12(10-17)9-11-5-4-6-15-13(11)16-7-2-1-3-8-16/h4-6,12,17H,1-3,7-10,14H2. The molecule has 0 bridgehead atoms. The largest absolute Gasteiger partial charge is 0.395 e. The molecule has 0 aliphatic carbocycles. The van der Waals surface area contributed by atoms with Gasteiger partial charge in [-0.1, -0.05) is 6.07 Å². The van der Waals surface area contributed by atoms with Crippen LogP contribution in [0.4, 0.5) is 5.82 Å². The zero-order chi connectivity index (χ0) is 12.1. The van der Waals surface area contributed by atoms with Crippen LogP contribution in [-0.4, -0.2) is 35.8 Å². The van der Waals surface area contributed by atoms with Crippen LogP contribution in [-0.2, 0) is 6.42 Å². The number of hydrogen-bond acceptors (Lipinski definition) is 4. The lowest BCUT2D eigenvalue weighted by Gasteiger charge is -2.29. The molecule has 1 atom stereocenters. The summed E-state index contributed by atoms with van der Waals surface area (Å²) < 4.78 is 0. The summed E-state index contributed by atoms with van der Waals surface area (Å²) in [7, 11) is 0. The second-order valence-electron chi connectivity index (χ2n) is 4.68. The summed E-state index contributed by atoms with van der Waals surface area (Å²) in [6, 6.07) is 3.81. The molecular weight excluding hydrogens is 214 g/mol. The maximum atomic E-state index is 9.04. The van der Waals surface area contributed by atoms with Crippen LogP contribution in [0.5, 0.6) is 0 Å². The Balaban J connectivity index is 2.14. The van der Waals surface area contributed by atoms with E-state index in [0.29, 0.717) is 6.42 Å². The fourth-order valence-corrected chi connectivity index (χ4v) is 2.33. The van der Waals surface area contributed by atoms with Gasteiger partial charge in [0.05, 0.1) is 6.61 Å². The topological polar surface area (TPSA) is 62.4 Å². The van der Waals surface area contributed by atoms with Crippen molar-refractivity contribution in [2.75, 3.05) is 24.6 Å². The molecule has 4 nitrogen and oxygen atoms in total. The van der Waals surface area contributed by atoms with E-state index in [-0.39, 0.29) is 12.6 Å². The van der Waals surface area contributed by atoms with Crippen LogP contribution >= 0.6 is 0 Å². The summed E-state index contributed by atoms with van der Waals surface area (Å²) >= 11 is 0. The molecule has 94 valence electrons. The van der Waals surface area contributed by atoms with E-state index in [1.807, 2.05) is 12.3 Å². The van der Waals surface area contributed by atoms with Gasteiger partial charge in [-0.15, -0.1) is 0 Å². The molecule has 0 spiro atoms. The minimum absolute atomic E-state index is 0.0222. The minimum Gasteiger partial charge on any atom is -0.395 e. The number of anilines is 1. The molecule has 1 aromatic rings. The molecule has 2 rings (SSSR count). The lowest BCUT2D eigenvalue weighted by molar-refractivity contribution is 0.265. The lowest BCUT2D eigenvalue weighted by atomic mass is 10.1. The van der Waals surface area contributed by atoms with E-state index in [9.17, 15) is 0 Å². The van der Waals surface area contributed by atoms with Crippen molar-refractivity contribution in [3.05, 3.63) is 23.9 Å². The van der Waals surface area contributed by atoms with E-state index in [1.165, 1.54) is 19.3 Å². The predicted molar refractivity (Wildman–Crippen MR) is 69.1 cm³/mol. The van der Waals surface area contributed by atoms with Gasteiger partial charge in [0.15, 0.2) is 0 Å². The number of pyridine rings is 1. The lowest BCUT2D eigenvalue weighted by Crippen LogP contribution is -2.33. The van der Waals surface area contributed by atoms with Crippen LogP contribution in [0.15, 0.2) is 18.3 Å². The van der Waals surface area contributed by atoms with Crippen LogP contribution < -0.4 is 10.6 Å². The summed E-state index contributed by atoms with van der Waals surface area (Å²) in [6.07, 6.45) is 6.31. The molecule has 0 aromatic carbocycles. The fourth-order valence-electron chi connectivity index (χ4n) is 2.33. The molecule has 0 radical (unpaired) electrons. The molecule has 1 saturated heterocycles. The Morgan fingerprint density at radius 1 is 1.35 bits per heavy atom. The summed E-state index contributed by atoms with van der Waals surface area (Å²) in [6.45, 7) is 2.19. The van der Waals surface area contributed by atoms with Gasteiger partial charge < -0.3 is 15.7 Å². The number of aliphatic hydroxyl groups excluding tert-OH is 1. The van der Waals surface area contributed by atoms with Gasteiger partial charge in [-0.3, -0.25) is 0 Å². The van der Waals surface area contributed by atoms with E-state index < -0.39 is 0 Å². The monoisotopic (exact) mass is 235 g/mol. The number of aliphatic hydroxyl groups is 1. The first-order chi connectivity index (χ1) is 8.31. The first-order valence-corrected chi connectivity index (χ1v) is 6.36. The number of aromatic nitrogens is 1. The molecule has 1 aliphatic rings. The molecular formula is C13H21N3O. The smallest absolute Gasteiger partial charge is 0.131 e. The highest BCUT2D eigenvalue weighted by Crippen LogP contribution is 2.22. The number of rotatable bonds is 4. The Morgan fingerprint density at radius 3 is 2.82 bits per heavy atom. The zero-order valence-corrected chi connectivity index (χ0v) is 10.2. The van der Waals surface area contributed by atoms with Crippen LogP contribution in [0.2, 0.25) is 0 Å². The maximum absolute atomic E-state index is 9.04. The third-order valence-corrected chi connectivity index (χ3v) is 3.24. The normalized spacial score (nSPS) is 18.1. The molecule has 3 N–H and O–H groups in total. The SMILES string of the molecule is NC(CO)Cc1cccnc1N1CCCCC1. The summed E-state index contributed by atoms with van der Waals surface area (Å²) in [5.41, 5.74) is 6.96. The number of nitrogens with zero attached hydrogens (tertiary/aromatic N) is 2. The van der Waals surface area contributed by atoms with Crippen molar-refractivity contribution in [1.82, 2.24) is 4.98 Å². The molecule has 0 amide bonds. The summed E-state index contributed by atoms with van der Waals surface area (Å²) in [5, 5.41) is 9.04. The number of piperidine rings is 1. The van der Waals surface area contributed by atoms with Gasteiger partial charge in [-0.2, -0.15) is 0 Å². The van der Waals surface area contributed by atoms with E-state index in [1.54, 1.807) is 0 Å². The van der Waals surface area contributed by atoms with Crippen molar-refractivity contribution < 1.29 is 5.11 Å². The van der Waals surface area contributed by atoms with Crippen molar-refractivity contribution in [2.45, 2.75) is 31.7 Å². The summed E-state index contributed by atoms with van der Waals surface area (Å²) in [5.74, 6) is 1.05. The van der Waals surface area contributed by atoms with Crippen LogP contribution in [0, 0.1) is 0 Å². The number of hydrogen-bond donors (Lipinski definition) is 2. The van der Waals surface area contributed by atoms with Gasteiger partial charge in [0.1, 0.15) is 5.82 Å². The van der Waals surface area contributed by atoms with Gasteiger partial charge in [0.2, 0.25) is 0 Å². The second-order valence-corrected chi connectivity index (χ2v) is 4.68. The minimum atomic E-state index is -0.192. The van der Waals surface area contributed by atoms with Gasteiger partial charge in [-0.25, -0.2) is 4.98 Å². The van der Waals surface area contributed by atoms with E-state index in [4.69, 9.17) is 10.8 Å². The van der Waals surface area contributed by atoms with Crippen molar-refractivity contribution in [2.24, 2.45) is 5.73 Å². The first kappa shape index (κ1) is 12.3. The van der Waals surface area contributed by atoms with Crippen molar-refractivity contribution in [1.29, 1.82) is 0 Å². The highest BCUT2D eigenvalue weighted by atomic mass is 16.3. The first-order valence-electron chi connectivity index (χ1n) is 6.36. The van der Waals surface area contributed by atoms with E-state index in [0.717, 1.165) is 24.5 Å². The maximum Gasteiger partial charge on any atom is 0.131 e. The molecule has 2 heterocycles. The van der Waals surface area contributed by atoms with Gasteiger partial charge >= 0.3 is 0 Å². The third kappa shape index (κ3) is 3.17. The second kappa shape index (κ2) is 5.98. The van der Waals surface area contributed by atoms with Gasteiger partial charge in [0.25, 0.3) is 0 Å². The van der Waals surface area contributed by atoms with E-state index >= 15 is 0 Å². The Labute approximate surface area is 102 Å². The van der Waals surface area contributed by atoms with Crippen LogP contribution in [0.25, 0.3) is 0 Å². The fraction of sp³-hybridized carbons (Fsp3) is 0.615. The van der Waals surface area contributed by atoms with Gasteiger partial charge in [0, 0.05) is 25.3 Å². The molecule has 17 heavy (non-hydrogen) atoms. The molecule has 1 unspecified atom stereocenters. The molecule has 0 saturated carbocycles. The Kier molecular flexibility index (Phi) is 4.34. The van der Waals surface area contributed by atoms with Crippen LogP contribution in [0.3, 0.4) is 0 Å². The van der Waals surface area contributed by atoms with Crippen LogP contribution in [0.1, 0.15) is 24.8 Å². The van der Waals surface area contributed by atoms with Crippen molar-refractivity contribution in [3.63, 3.8) is 0 Å². The molecule has 4 heteroatoms. The Morgan fingerprint density at radius 2 is 2.12 bits per heavy atom. The Hall–Kier alpha value is -1.13. The third-order valence-electron chi connectivity index (χ3n) is 3.24. The van der Waals surface area contributed by atoms with E-state index in [2.05, 4.69) is 16.0 Å². The average molecular weight is 235 g/mol. The predicted octanol–water partition coefficient (Wildman–Crippen LogP) is 0.934. The molecule has 1 aliphatic heterocycles. The molecule has 1 aromatic heterocycles. The average Bonchev–Trinajstić information content (AvgIpc) is 2.40. The molecule has 1 fully saturated rings.